The molecule has 0 radical (unpaired) electrons. The van der Waals surface area contributed by atoms with E-state index in [0.29, 0.717) is 17.5 Å². The smallest absolute Gasteiger partial charge is 0.164 e. The third-order valence-electron chi connectivity index (χ3n) is 13.4. The van der Waals surface area contributed by atoms with E-state index in [1.807, 2.05) is 60.7 Å². The number of nitrogens with zero attached hydrogens (tertiary/aromatic N) is 5. The van der Waals surface area contributed by atoms with Gasteiger partial charge in [-0.2, -0.15) is 0 Å². The molecule has 0 unspecified atom stereocenters. The second-order valence-corrected chi connectivity index (χ2v) is 17.6. The number of hydrogen-bond donors (Lipinski definition) is 0. The van der Waals surface area contributed by atoms with E-state index in [1.54, 1.807) is 0 Å². The molecule has 0 amide bonds. The maximum absolute atomic E-state index is 5.08. The molecule has 5 heteroatoms. The van der Waals surface area contributed by atoms with Gasteiger partial charge in [-0.3, -0.25) is 0 Å². The van der Waals surface area contributed by atoms with Crippen molar-refractivity contribution in [3.8, 4) is 45.5 Å². The Morgan fingerprint density at radius 3 is 1.03 bits per heavy atom. The number of aromatic nitrogens is 5. The van der Waals surface area contributed by atoms with Crippen LogP contribution >= 0.6 is 0 Å². The third-order valence-corrected chi connectivity index (χ3v) is 13.4. The summed E-state index contributed by atoms with van der Waals surface area (Å²) in [6.45, 7) is 0. The van der Waals surface area contributed by atoms with E-state index in [4.69, 9.17) is 15.0 Å². The minimum Gasteiger partial charge on any atom is -0.309 e. The summed E-state index contributed by atoms with van der Waals surface area (Å²) in [6.07, 6.45) is 0. The summed E-state index contributed by atoms with van der Waals surface area (Å²) >= 11 is 0. The summed E-state index contributed by atoms with van der Waals surface area (Å²) in [4.78, 5) is 15.1. The molecule has 3 aromatic heterocycles. The molecule has 0 aliphatic carbocycles. The Balaban J connectivity index is 1.02. The fourth-order valence-electron chi connectivity index (χ4n) is 10.2. The lowest BCUT2D eigenvalue weighted by molar-refractivity contribution is 1.07. The highest BCUT2D eigenvalue weighted by Crippen LogP contribution is 2.41. The van der Waals surface area contributed by atoms with Crippen LogP contribution in [0.15, 0.2) is 261 Å². The van der Waals surface area contributed by atoms with Crippen molar-refractivity contribution < 1.29 is 0 Å². The molecule has 0 N–H and O–H groups in total. The van der Waals surface area contributed by atoms with E-state index < -0.39 is 0 Å². The van der Waals surface area contributed by atoms with Gasteiger partial charge in [0.05, 0.1) is 22.1 Å². The number of fused-ring (bicyclic) bond motifs is 6. The van der Waals surface area contributed by atoms with E-state index in [9.17, 15) is 0 Å². The van der Waals surface area contributed by atoms with Crippen LogP contribution in [0.3, 0.4) is 0 Å². The lowest BCUT2D eigenvalue weighted by Crippen LogP contribution is -2.01. The molecule has 0 saturated carbocycles. The van der Waals surface area contributed by atoms with Gasteiger partial charge in [0.25, 0.3) is 0 Å². The Labute approximate surface area is 405 Å². The predicted octanol–water partition coefficient (Wildman–Crippen LogP) is 16.1. The Hall–Kier alpha value is -9.45. The molecule has 70 heavy (non-hydrogen) atoms. The summed E-state index contributed by atoms with van der Waals surface area (Å²) in [5, 5.41) is 4.94. The third kappa shape index (κ3) is 7.16. The predicted molar refractivity (Wildman–Crippen MR) is 289 cm³/mol. The van der Waals surface area contributed by atoms with Crippen LogP contribution in [0, 0.1) is 0 Å². The zero-order valence-corrected chi connectivity index (χ0v) is 38.1. The van der Waals surface area contributed by atoms with Crippen LogP contribution in [0.4, 0.5) is 0 Å². The fourth-order valence-corrected chi connectivity index (χ4v) is 10.2. The summed E-state index contributed by atoms with van der Waals surface area (Å²) in [7, 11) is 0. The second-order valence-electron chi connectivity index (χ2n) is 17.6. The van der Waals surface area contributed by atoms with Crippen LogP contribution < -0.4 is 0 Å². The van der Waals surface area contributed by atoms with Crippen LogP contribution in [0.25, 0.3) is 100 Å². The fraction of sp³-hybridized carbons (Fsp3) is 0. The highest BCUT2D eigenvalue weighted by atomic mass is 15.0. The number of para-hydroxylation sites is 4. The lowest BCUT2D eigenvalue weighted by Gasteiger charge is -2.20. The van der Waals surface area contributed by atoms with Crippen molar-refractivity contribution in [2.24, 2.45) is 0 Å². The molecule has 0 aliphatic heterocycles. The minimum atomic E-state index is 0.613. The van der Waals surface area contributed by atoms with Gasteiger partial charge >= 0.3 is 0 Å². The zero-order valence-electron chi connectivity index (χ0n) is 38.1. The van der Waals surface area contributed by atoms with Crippen molar-refractivity contribution >= 4 is 54.8 Å². The van der Waals surface area contributed by atoms with E-state index in [2.05, 4.69) is 209 Å². The second kappa shape index (κ2) is 17.3. The largest absolute Gasteiger partial charge is 0.309 e. The summed E-state index contributed by atoms with van der Waals surface area (Å²) in [6, 6.07) is 92.7. The molecular weight excluding hydrogens is 851 g/mol. The van der Waals surface area contributed by atoms with Gasteiger partial charge in [-0.1, -0.05) is 212 Å². The van der Waals surface area contributed by atoms with E-state index in [1.165, 1.54) is 43.6 Å². The highest BCUT2D eigenvalue weighted by Gasteiger charge is 2.21. The Kier molecular flexibility index (Phi) is 10.1. The van der Waals surface area contributed by atoms with E-state index in [0.717, 1.165) is 61.5 Å². The number of hydrogen-bond acceptors (Lipinski definition) is 3. The SMILES string of the molecule is c1ccc(/C(=C(/c2ccc(-c3nc(-c4ccccc4)nc(-c4ccccc4)n3)cc2)c2cccc(-n3c4ccccc4c4ccccc43)c2)c2ccc(-n3c4ccccc4c4ccccc43)cc2)cc1. The normalized spacial score (nSPS) is 11.9. The molecule has 0 spiro atoms. The van der Waals surface area contributed by atoms with Gasteiger partial charge < -0.3 is 9.13 Å². The molecule has 0 bridgehead atoms. The molecule has 3 heterocycles. The van der Waals surface area contributed by atoms with Crippen molar-refractivity contribution in [3.05, 3.63) is 283 Å². The van der Waals surface area contributed by atoms with E-state index in [-0.39, 0.29) is 0 Å². The van der Waals surface area contributed by atoms with Crippen LogP contribution in [-0.4, -0.2) is 24.1 Å². The standard InChI is InChI=1S/C65H43N5/c1-4-19-44(20-5-1)61(46-39-41-51(42-40-46)69-57-31-14-10-27-53(57)54-28-11-15-32-58(54)69)62(50-25-18-26-52(43-50)70-59-33-16-12-29-55(59)56-30-13-17-34-60(56)70)45-35-37-49(38-36-45)65-67-63(47-21-6-2-7-22-47)66-64(68-65)48-23-8-3-9-24-48/h1-43H/b62-61+. The Morgan fingerprint density at radius 1 is 0.243 bits per heavy atom. The first-order valence-corrected chi connectivity index (χ1v) is 23.7. The van der Waals surface area contributed by atoms with Gasteiger partial charge in [0.2, 0.25) is 0 Å². The highest BCUT2D eigenvalue weighted by molar-refractivity contribution is 6.11. The topological polar surface area (TPSA) is 48.5 Å². The average molecular weight is 894 g/mol. The van der Waals surface area contributed by atoms with Crippen molar-refractivity contribution in [3.63, 3.8) is 0 Å². The lowest BCUT2D eigenvalue weighted by atomic mass is 9.85. The summed E-state index contributed by atoms with van der Waals surface area (Å²) in [5.41, 5.74) is 16.3. The van der Waals surface area contributed by atoms with Crippen LogP contribution in [0.1, 0.15) is 22.3 Å². The van der Waals surface area contributed by atoms with Crippen molar-refractivity contribution in [2.75, 3.05) is 0 Å². The van der Waals surface area contributed by atoms with Gasteiger partial charge in [0.15, 0.2) is 17.5 Å². The van der Waals surface area contributed by atoms with Gasteiger partial charge in [0.1, 0.15) is 0 Å². The van der Waals surface area contributed by atoms with E-state index >= 15 is 0 Å². The molecule has 0 saturated heterocycles. The molecule has 13 aromatic rings. The molecule has 0 atom stereocenters. The first-order chi connectivity index (χ1) is 34.7. The molecule has 328 valence electrons. The summed E-state index contributed by atoms with van der Waals surface area (Å²) < 4.78 is 4.77. The molecule has 10 aromatic carbocycles. The van der Waals surface area contributed by atoms with Crippen molar-refractivity contribution in [1.29, 1.82) is 0 Å². The first kappa shape index (κ1) is 40.8. The molecule has 0 aliphatic rings. The molecule has 13 rings (SSSR count). The Morgan fingerprint density at radius 2 is 0.571 bits per heavy atom. The van der Waals surface area contributed by atoms with Crippen LogP contribution in [0.5, 0.6) is 0 Å². The Bertz CT molecular complexity index is 3910. The molecule has 0 fully saturated rings. The van der Waals surface area contributed by atoms with Crippen LogP contribution in [-0.2, 0) is 0 Å². The van der Waals surface area contributed by atoms with Crippen LogP contribution in [0.2, 0.25) is 0 Å². The number of benzene rings is 10. The quantitative estimate of drug-likeness (QED) is 0.136. The monoisotopic (exact) mass is 893 g/mol. The summed E-state index contributed by atoms with van der Waals surface area (Å²) in [5.74, 6) is 1.88. The maximum atomic E-state index is 5.08. The first-order valence-electron chi connectivity index (χ1n) is 23.7. The van der Waals surface area contributed by atoms with Gasteiger partial charge in [-0.05, 0) is 81.9 Å². The van der Waals surface area contributed by atoms with Gasteiger partial charge in [0, 0.05) is 49.6 Å². The van der Waals surface area contributed by atoms with Gasteiger partial charge in [-0.15, -0.1) is 0 Å². The number of rotatable bonds is 9. The molecule has 5 nitrogen and oxygen atoms in total. The van der Waals surface area contributed by atoms with Crippen molar-refractivity contribution in [2.45, 2.75) is 0 Å². The average Bonchev–Trinajstić information content (AvgIpc) is 3.96. The van der Waals surface area contributed by atoms with Gasteiger partial charge in [-0.25, -0.2) is 15.0 Å². The minimum absolute atomic E-state index is 0.613. The van der Waals surface area contributed by atoms with Crippen molar-refractivity contribution in [1.82, 2.24) is 24.1 Å². The maximum Gasteiger partial charge on any atom is 0.164 e. The zero-order chi connectivity index (χ0) is 46.4. The molecular formula is C65H43N5.